The Morgan fingerprint density at radius 3 is 2.69 bits per heavy atom. The van der Waals surface area contributed by atoms with Crippen LogP contribution in [0, 0.1) is 0 Å². The molecule has 2 aliphatic rings. The smallest absolute Gasteiger partial charge is 0.325 e. The van der Waals surface area contributed by atoms with Crippen LogP contribution in [-0.2, 0) is 23.7 Å². The number of aromatic nitrogens is 4. The third-order valence-electron chi connectivity index (χ3n) is 5.67. The summed E-state index contributed by atoms with van der Waals surface area (Å²) in [5.41, 5.74) is 2.13. The number of rotatable bonds is 5. The second kappa shape index (κ2) is 7.80. The van der Waals surface area contributed by atoms with Gasteiger partial charge in [0.15, 0.2) is 17.7 Å². The summed E-state index contributed by atoms with van der Waals surface area (Å²) in [6.45, 7) is 5.71. The summed E-state index contributed by atoms with van der Waals surface area (Å²) in [6.07, 6.45) is 0.173. The van der Waals surface area contributed by atoms with E-state index in [-0.39, 0.29) is 24.9 Å². The maximum atomic E-state index is 11.7. The average molecular weight is 439 g/mol. The molecule has 4 heterocycles. The first-order chi connectivity index (χ1) is 15.4. The molecule has 2 saturated heterocycles. The predicted molar refractivity (Wildman–Crippen MR) is 115 cm³/mol. The molecule has 168 valence electrons. The standard InChI is InChI=1S/C22H25N5O5/c1-12-17-18(32-22(2,3)31-17)21(30-12)27-20-15(16(26-27)13-8-6-5-7-9-13)19(24-11-25-20)23-10-14(28)29-4/h5-9,11-12,17-18,21H,10H2,1-4H3,(H,23,24,25)/t12-,17-,18-,21-/m1/s1. The van der Waals surface area contributed by atoms with Crippen molar-refractivity contribution in [3.63, 3.8) is 0 Å². The van der Waals surface area contributed by atoms with Crippen LogP contribution in [0.2, 0.25) is 0 Å². The van der Waals surface area contributed by atoms with E-state index in [1.54, 1.807) is 4.68 Å². The van der Waals surface area contributed by atoms with Crippen molar-refractivity contribution in [1.29, 1.82) is 0 Å². The molecule has 0 radical (unpaired) electrons. The van der Waals surface area contributed by atoms with E-state index in [1.807, 2.05) is 51.1 Å². The third kappa shape index (κ3) is 3.50. The number of fused-ring (bicyclic) bond motifs is 2. The van der Waals surface area contributed by atoms with Crippen LogP contribution in [0.1, 0.15) is 27.0 Å². The SMILES string of the molecule is COC(=O)CNc1ncnc2c1c(-c1ccccc1)nn2[C@@H]1O[C@H](C)[C@H]2OC(C)(C)O[C@H]21. The topological polar surface area (TPSA) is 110 Å². The van der Waals surface area contributed by atoms with Crippen LogP contribution < -0.4 is 5.32 Å². The number of nitrogens with zero attached hydrogens (tertiary/aromatic N) is 4. The van der Waals surface area contributed by atoms with E-state index >= 15 is 0 Å². The van der Waals surface area contributed by atoms with Gasteiger partial charge < -0.3 is 24.3 Å². The molecule has 32 heavy (non-hydrogen) atoms. The highest BCUT2D eigenvalue weighted by atomic mass is 16.8. The van der Waals surface area contributed by atoms with Gasteiger partial charge in [-0.2, -0.15) is 5.10 Å². The third-order valence-corrected chi connectivity index (χ3v) is 5.67. The van der Waals surface area contributed by atoms with Gasteiger partial charge in [0.25, 0.3) is 0 Å². The quantitative estimate of drug-likeness (QED) is 0.600. The maximum Gasteiger partial charge on any atom is 0.325 e. The van der Waals surface area contributed by atoms with Gasteiger partial charge in [-0.1, -0.05) is 30.3 Å². The Kier molecular flexibility index (Phi) is 5.07. The van der Waals surface area contributed by atoms with E-state index in [9.17, 15) is 4.79 Å². The van der Waals surface area contributed by atoms with Crippen LogP contribution in [-0.4, -0.2) is 63.5 Å². The lowest BCUT2D eigenvalue weighted by Crippen LogP contribution is -2.28. The number of methoxy groups -OCH3 is 1. The number of ether oxygens (including phenoxy) is 4. The van der Waals surface area contributed by atoms with Gasteiger partial charge in [0.05, 0.1) is 18.6 Å². The lowest BCUT2D eigenvalue weighted by atomic mass is 10.1. The zero-order chi connectivity index (χ0) is 22.5. The van der Waals surface area contributed by atoms with E-state index in [0.717, 1.165) is 5.56 Å². The van der Waals surface area contributed by atoms with Crippen LogP contribution in [0.15, 0.2) is 36.7 Å². The van der Waals surface area contributed by atoms with Gasteiger partial charge in [-0.3, -0.25) is 4.79 Å². The van der Waals surface area contributed by atoms with Crippen LogP contribution in [0.25, 0.3) is 22.3 Å². The highest BCUT2D eigenvalue weighted by Gasteiger charge is 2.55. The molecule has 10 nitrogen and oxygen atoms in total. The van der Waals surface area contributed by atoms with E-state index in [1.165, 1.54) is 13.4 Å². The van der Waals surface area contributed by atoms with Gasteiger partial charge in [0.2, 0.25) is 0 Å². The maximum absolute atomic E-state index is 11.7. The van der Waals surface area contributed by atoms with Crippen LogP contribution in [0.5, 0.6) is 0 Å². The van der Waals surface area contributed by atoms with Gasteiger partial charge in [0, 0.05) is 5.56 Å². The molecule has 0 unspecified atom stereocenters. The van der Waals surface area contributed by atoms with E-state index in [4.69, 9.17) is 24.0 Å². The normalized spacial score (nSPS) is 26.2. The number of benzene rings is 1. The lowest BCUT2D eigenvalue weighted by molar-refractivity contribution is -0.195. The van der Waals surface area contributed by atoms with Crippen LogP contribution in [0.3, 0.4) is 0 Å². The zero-order valence-electron chi connectivity index (χ0n) is 18.3. The molecule has 2 aromatic heterocycles. The Morgan fingerprint density at radius 2 is 1.94 bits per heavy atom. The molecular weight excluding hydrogens is 414 g/mol. The van der Waals surface area contributed by atoms with Gasteiger partial charge in [-0.25, -0.2) is 14.6 Å². The van der Waals surface area contributed by atoms with E-state index < -0.39 is 18.0 Å². The Bertz CT molecular complexity index is 1150. The van der Waals surface area contributed by atoms with Crippen molar-refractivity contribution in [2.45, 2.75) is 51.1 Å². The molecule has 2 fully saturated rings. The molecule has 2 aliphatic heterocycles. The minimum atomic E-state index is -0.709. The monoisotopic (exact) mass is 439 g/mol. The molecule has 0 saturated carbocycles. The number of esters is 1. The number of nitrogens with one attached hydrogen (secondary N) is 1. The highest BCUT2D eigenvalue weighted by Crippen LogP contribution is 2.44. The molecule has 10 heteroatoms. The zero-order valence-corrected chi connectivity index (χ0v) is 18.3. The number of anilines is 1. The van der Waals surface area contributed by atoms with E-state index in [2.05, 4.69) is 15.3 Å². The molecule has 5 rings (SSSR count). The summed E-state index contributed by atoms with van der Waals surface area (Å²) < 4.78 is 24.9. The molecule has 0 bridgehead atoms. The second-order valence-electron chi connectivity index (χ2n) is 8.31. The minimum Gasteiger partial charge on any atom is -0.468 e. The van der Waals surface area contributed by atoms with Crippen molar-refractivity contribution >= 4 is 22.8 Å². The summed E-state index contributed by atoms with van der Waals surface area (Å²) in [6, 6.07) is 9.73. The van der Waals surface area contributed by atoms with Crippen molar-refractivity contribution in [3.05, 3.63) is 36.7 Å². The molecule has 0 spiro atoms. The van der Waals surface area contributed by atoms with Crippen LogP contribution in [0.4, 0.5) is 5.82 Å². The van der Waals surface area contributed by atoms with Crippen molar-refractivity contribution in [1.82, 2.24) is 19.7 Å². The Morgan fingerprint density at radius 1 is 1.19 bits per heavy atom. The first-order valence-corrected chi connectivity index (χ1v) is 10.5. The van der Waals surface area contributed by atoms with Gasteiger partial charge in [-0.15, -0.1) is 0 Å². The summed E-state index contributed by atoms with van der Waals surface area (Å²) in [5, 5.41) is 8.62. The molecule has 0 aliphatic carbocycles. The van der Waals surface area contributed by atoms with Gasteiger partial charge in [-0.05, 0) is 20.8 Å². The first-order valence-electron chi connectivity index (χ1n) is 10.5. The molecule has 4 atom stereocenters. The lowest BCUT2D eigenvalue weighted by Gasteiger charge is -2.23. The fourth-order valence-electron chi connectivity index (χ4n) is 4.28. The number of carbonyl (C=O) groups is 1. The second-order valence-corrected chi connectivity index (χ2v) is 8.31. The highest BCUT2D eigenvalue weighted by molar-refractivity contribution is 5.99. The predicted octanol–water partition coefficient (Wildman–Crippen LogP) is 2.52. The largest absolute Gasteiger partial charge is 0.468 e. The Balaban J connectivity index is 1.64. The Hall–Kier alpha value is -3.08. The molecular formula is C22H25N5O5. The van der Waals surface area contributed by atoms with Gasteiger partial charge >= 0.3 is 5.97 Å². The van der Waals surface area contributed by atoms with Crippen molar-refractivity contribution < 1.29 is 23.7 Å². The Labute approximate surface area is 184 Å². The van der Waals surface area contributed by atoms with Crippen molar-refractivity contribution in [2.24, 2.45) is 0 Å². The number of hydrogen-bond acceptors (Lipinski definition) is 9. The van der Waals surface area contributed by atoms with Crippen LogP contribution >= 0.6 is 0 Å². The number of carbonyl (C=O) groups excluding carboxylic acids is 1. The molecule has 1 aromatic carbocycles. The first kappa shape index (κ1) is 20.8. The van der Waals surface area contributed by atoms with Gasteiger partial charge in [0.1, 0.15) is 36.6 Å². The summed E-state index contributed by atoms with van der Waals surface area (Å²) >= 11 is 0. The summed E-state index contributed by atoms with van der Waals surface area (Å²) in [5.74, 6) is -0.629. The molecule has 3 aromatic rings. The fourth-order valence-corrected chi connectivity index (χ4v) is 4.28. The summed E-state index contributed by atoms with van der Waals surface area (Å²) in [4.78, 5) is 20.6. The fraction of sp³-hybridized carbons (Fsp3) is 0.455. The summed E-state index contributed by atoms with van der Waals surface area (Å²) in [7, 11) is 1.34. The average Bonchev–Trinajstić information content (AvgIpc) is 3.42. The van der Waals surface area contributed by atoms with Crippen molar-refractivity contribution in [3.8, 4) is 11.3 Å². The molecule has 1 N–H and O–H groups in total. The number of hydrogen-bond donors (Lipinski definition) is 1. The van der Waals surface area contributed by atoms with E-state index in [0.29, 0.717) is 22.5 Å². The minimum absolute atomic E-state index is 0.0329. The van der Waals surface area contributed by atoms with Crippen molar-refractivity contribution in [2.75, 3.05) is 19.0 Å². The molecule has 0 amide bonds.